The van der Waals surface area contributed by atoms with Gasteiger partial charge in [0.05, 0.1) is 23.6 Å². The molecule has 0 spiro atoms. The molecule has 202 valence electrons. The molecular weight excluding hydrogens is 549 g/mol. The number of benzene rings is 3. The lowest BCUT2D eigenvalue weighted by Crippen LogP contribution is -2.30. The fourth-order valence-electron chi connectivity index (χ4n) is 3.85. The molecule has 3 aromatic carbocycles. The smallest absolute Gasteiger partial charge is 0.416 e. The van der Waals surface area contributed by atoms with E-state index in [-0.39, 0.29) is 23.4 Å². The Hall–Kier alpha value is -3.83. The summed E-state index contributed by atoms with van der Waals surface area (Å²) in [6.07, 6.45) is -2.82. The van der Waals surface area contributed by atoms with Gasteiger partial charge in [-0.3, -0.25) is 14.5 Å². The second-order valence-corrected chi connectivity index (χ2v) is 10.1. The molecule has 0 radical (unpaired) electrons. The molecule has 0 saturated carbocycles. The van der Waals surface area contributed by atoms with Crippen LogP contribution < -0.4 is 14.8 Å². The first-order valence-electron chi connectivity index (χ1n) is 11.7. The van der Waals surface area contributed by atoms with Crippen molar-refractivity contribution >= 4 is 51.9 Å². The number of hydrogen-bond acceptors (Lipinski definition) is 6. The summed E-state index contributed by atoms with van der Waals surface area (Å²) in [5, 5.41) is 2.38. The Morgan fingerprint density at radius 3 is 2.51 bits per heavy atom. The Morgan fingerprint density at radius 2 is 1.82 bits per heavy atom. The number of alkyl halides is 3. The first kappa shape index (κ1) is 28.2. The average Bonchev–Trinajstić information content (AvgIpc) is 3.19. The van der Waals surface area contributed by atoms with Crippen molar-refractivity contribution in [1.82, 2.24) is 4.90 Å². The predicted molar refractivity (Wildman–Crippen MR) is 148 cm³/mol. The number of thioether (sulfide) groups is 1. The number of nitrogens with one attached hydrogen (secondary N) is 1. The van der Waals surface area contributed by atoms with Gasteiger partial charge in [-0.25, -0.2) is 0 Å². The van der Waals surface area contributed by atoms with Crippen LogP contribution in [0.1, 0.15) is 29.7 Å². The van der Waals surface area contributed by atoms with E-state index in [1.54, 1.807) is 29.2 Å². The number of anilines is 1. The maximum atomic E-state index is 13.1. The van der Waals surface area contributed by atoms with E-state index >= 15 is 0 Å². The van der Waals surface area contributed by atoms with Crippen molar-refractivity contribution < 1.29 is 32.2 Å². The molecule has 3 aromatic rings. The molecule has 39 heavy (non-hydrogen) atoms. The van der Waals surface area contributed by atoms with Crippen LogP contribution in [0, 0.1) is 0 Å². The zero-order valence-electron chi connectivity index (χ0n) is 20.8. The number of nitrogens with zero attached hydrogens (tertiary/aromatic N) is 1. The second kappa shape index (κ2) is 11.9. The number of carbonyl (C=O) groups is 2. The molecule has 0 aliphatic carbocycles. The van der Waals surface area contributed by atoms with Gasteiger partial charge < -0.3 is 14.8 Å². The van der Waals surface area contributed by atoms with Crippen LogP contribution in [0.4, 0.5) is 18.9 Å². The van der Waals surface area contributed by atoms with E-state index in [9.17, 15) is 22.8 Å². The van der Waals surface area contributed by atoms with Gasteiger partial charge in [-0.05, 0) is 54.5 Å². The highest BCUT2D eigenvalue weighted by molar-refractivity contribution is 8.26. The number of methoxy groups -OCH3 is 1. The van der Waals surface area contributed by atoms with Gasteiger partial charge in [-0.15, -0.1) is 0 Å². The van der Waals surface area contributed by atoms with Gasteiger partial charge in [0.2, 0.25) is 0 Å². The summed E-state index contributed by atoms with van der Waals surface area (Å²) >= 11 is 6.68. The van der Waals surface area contributed by atoms with Gasteiger partial charge >= 0.3 is 6.18 Å². The monoisotopic (exact) mass is 572 g/mol. The van der Waals surface area contributed by atoms with E-state index in [4.69, 9.17) is 21.7 Å². The summed E-state index contributed by atoms with van der Waals surface area (Å²) in [6.45, 7) is 1.46. The van der Waals surface area contributed by atoms with Crippen LogP contribution >= 0.6 is 24.0 Å². The van der Waals surface area contributed by atoms with Crippen LogP contribution in [0.5, 0.6) is 11.5 Å². The van der Waals surface area contributed by atoms with Crippen LogP contribution in [0.15, 0.2) is 77.7 Å². The van der Waals surface area contributed by atoms with Crippen molar-refractivity contribution in [2.45, 2.75) is 19.1 Å². The highest BCUT2D eigenvalue weighted by Gasteiger charge is 2.36. The third kappa shape index (κ3) is 6.79. The summed E-state index contributed by atoms with van der Waals surface area (Å²) in [5.74, 6) is -0.286. The number of hydrogen-bond donors (Lipinski definition) is 1. The maximum absolute atomic E-state index is 13.1. The van der Waals surface area contributed by atoms with E-state index < -0.39 is 24.3 Å². The van der Waals surface area contributed by atoms with E-state index in [1.165, 1.54) is 31.0 Å². The second-order valence-electron chi connectivity index (χ2n) is 8.46. The highest BCUT2D eigenvalue weighted by atomic mass is 32.2. The molecule has 6 nitrogen and oxygen atoms in total. The van der Waals surface area contributed by atoms with Gasteiger partial charge in [0.15, 0.2) is 18.1 Å². The molecule has 1 atom stereocenters. The zero-order valence-corrected chi connectivity index (χ0v) is 22.5. The summed E-state index contributed by atoms with van der Waals surface area (Å²) < 4.78 is 50.1. The Kier molecular flexibility index (Phi) is 8.61. The Morgan fingerprint density at radius 1 is 1.08 bits per heavy atom. The molecule has 1 aliphatic rings. The number of halogens is 3. The Balaban J connectivity index is 1.42. The van der Waals surface area contributed by atoms with Crippen molar-refractivity contribution in [2.75, 3.05) is 19.0 Å². The summed E-state index contributed by atoms with van der Waals surface area (Å²) in [4.78, 5) is 27.5. The van der Waals surface area contributed by atoms with Gasteiger partial charge in [-0.1, -0.05) is 66.4 Å². The maximum Gasteiger partial charge on any atom is 0.416 e. The van der Waals surface area contributed by atoms with Crippen molar-refractivity contribution in [3.63, 3.8) is 0 Å². The lowest BCUT2D eigenvalue weighted by Gasteiger charge is -2.23. The van der Waals surface area contributed by atoms with Crippen LogP contribution in [0.3, 0.4) is 0 Å². The third-order valence-corrected chi connectivity index (χ3v) is 7.14. The summed E-state index contributed by atoms with van der Waals surface area (Å²) in [6, 6.07) is 18.6. The molecule has 0 bridgehead atoms. The van der Waals surface area contributed by atoms with Crippen LogP contribution in [-0.2, 0) is 15.8 Å². The van der Waals surface area contributed by atoms with E-state index in [0.717, 1.165) is 17.7 Å². The third-order valence-electron chi connectivity index (χ3n) is 5.81. The molecule has 1 heterocycles. The van der Waals surface area contributed by atoms with E-state index in [2.05, 4.69) is 5.32 Å². The van der Waals surface area contributed by atoms with Gasteiger partial charge in [0.25, 0.3) is 11.8 Å². The SMILES string of the molecule is COc1cc(/C=C2/SC(=S)N([C@H](C)c3ccccc3)C2=O)ccc1OCC(=O)Nc1cccc(C(F)(F)F)c1. The van der Waals surface area contributed by atoms with E-state index in [0.29, 0.717) is 20.5 Å². The molecule has 1 fully saturated rings. The van der Waals surface area contributed by atoms with Crippen molar-refractivity contribution in [2.24, 2.45) is 0 Å². The molecule has 2 amide bonds. The topological polar surface area (TPSA) is 67.9 Å². The van der Waals surface area contributed by atoms with Crippen molar-refractivity contribution in [1.29, 1.82) is 0 Å². The fourth-order valence-corrected chi connectivity index (χ4v) is 5.27. The molecule has 0 unspecified atom stereocenters. The Labute approximate surface area is 232 Å². The van der Waals surface area contributed by atoms with Crippen molar-refractivity contribution in [3.05, 3.63) is 94.4 Å². The fraction of sp³-hybridized carbons (Fsp3) is 0.179. The van der Waals surface area contributed by atoms with Crippen molar-refractivity contribution in [3.8, 4) is 11.5 Å². The average molecular weight is 573 g/mol. The normalized spacial score (nSPS) is 15.4. The number of ether oxygens (including phenoxy) is 2. The Bertz CT molecular complexity index is 1430. The number of rotatable bonds is 8. The number of carbonyl (C=O) groups excluding carboxylic acids is 2. The largest absolute Gasteiger partial charge is 0.493 e. The highest BCUT2D eigenvalue weighted by Crippen LogP contribution is 2.39. The van der Waals surface area contributed by atoms with Crippen LogP contribution in [0.2, 0.25) is 0 Å². The quantitative estimate of drug-likeness (QED) is 0.240. The van der Waals surface area contributed by atoms with Gasteiger partial charge in [-0.2, -0.15) is 13.2 Å². The van der Waals surface area contributed by atoms with Crippen LogP contribution in [0.25, 0.3) is 6.08 Å². The van der Waals surface area contributed by atoms with Gasteiger partial charge in [0.1, 0.15) is 4.32 Å². The van der Waals surface area contributed by atoms with Crippen LogP contribution in [-0.4, -0.2) is 34.8 Å². The molecule has 4 rings (SSSR count). The zero-order chi connectivity index (χ0) is 28.2. The number of amides is 2. The molecule has 0 aromatic heterocycles. The summed E-state index contributed by atoms with van der Waals surface area (Å²) in [5.41, 5.74) is 0.750. The van der Waals surface area contributed by atoms with Gasteiger partial charge in [0, 0.05) is 5.69 Å². The molecule has 11 heteroatoms. The standard InChI is InChI=1S/C28H23F3N2O4S2/c1-17(19-7-4-3-5-8-19)33-26(35)24(39-27(33)38)14-18-11-12-22(23(13-18)36-2)37-16-25(34)32-21-10-6-9-20(15-21)28(29,30)31/h3-15,17H,16H2,1-2H3,(H,32,34)/b24-14+/t17-/m1/s1. The first-order valence-corrected chi connectivity index (χ1v) is 12.9. The number of thiocarbonyl (C=S) groups is 1. The molecule has 1 aliphatic heterocycles. The molecule has 1 saturated heterocycles. The minimum Gasteiger partial charge on any atom is -0.493 e. The minimum atomic E-state index is -4.52. The molecule has 1 N–H and O–H groups in total. The summed E-state index contributed by atoms with van der Waals surface area (Å²) in [7, 11) is 1.43. The van der Waals surface area contributed by atoms with E-state index in [1.807, 2.05) is 37.3 Å². The predicted octanol–water partition coefficient (Wildman–Crippen LogP) is 6.69. The molecular formula is C28H23F3N2O4S2. The minimum absolute atomic E-state index is 0.000338. The lowest BCUT2D eigenvalue weighted by molar-refractivity contribution is -0.137. The first-order chi connectivity index (χ1) is 18.6. The lowest BCUT2D eigenvalue weighted by atomic mass is 10.1.